The zero-order valence-electron chi connectivity index (χ0n) is 16.6. The van der Waals surface area contributed by atoms with Gasteiger partial charge >= 0.3 is 0 Å². The van der Waals surface area contributed by atoms with Crippen molar-refractivity contribution >= 4 is 11.5 Å². The van der Waals surface area contributed by atoms with Crippen molar-refractivity contribution in [2.24, 2.45) is 5.73 Å². The Balaban J connectivity index is 0.000000162. The van der Waals surface area contributed by atoms with Crippen LogP contribution in [-0.2, 0) is 19.4 Å². The Bertz CT molecular complexity index is 893. The lowest BCUT2D eigenvalue weighted by atomic mass is 9.96. The zero-order chi connectivity index (χ0) is 19.3. The van der Waals surface area contributed by atoms with Gasteiger partial charge in [-0.3, -0.25) is 9.38 Å². The van der Waals surface area contributed by atoms with Gasteiger partial charge in [0.2, 0.25) is 0 Å². The predicted octanol–water partition coefficient (Wildman–Crippen LogP) is 2.55. The number of rotatable bonds is 3. The van der Waals surface area contributed by atoms with Gasteiger partial charge in [0, 0.05) is 43.8 Å². The largest absolute Gasteiger partial charge is 0.356 e. The van der Waals surface area contributed by atoms with E-state index in [2.05, 4.69) is 49.0 Å². The summed E-state index contributed by atoms with van der Waals surface area (Å²) < 4.78 is 2.16. The van der Waals surface area contributed by atoms with Crippen LogP contribution in [0.1, 0.15) is 36.2 Å². The molecule has 3 aromatic rings. The van der Waals surface area contributed by atoms with Crippen molar-refractivity contribution in [2.75, 3.05) is 25.0 Å². The van der Waals surface area contributed by atoms with E-state index >= 15 is 0 Å². The number of imidazole rings is 1. The highest BCUT2D eigenvalue weighted by atomic mass is 15.3. The van der Waals surface area contributed by atoms with Crippen LogP contribution in [0.15, 0.2) is 42.7 Å². The SMILES string of the molecule is CNCc1cn2c(N3CCC(N)C3)cccc2n1.c1cnc2c(c1)CCCC2. The Hall–Kier alpha value is -2.44. The summed E-state index contributed by atoms with van der Waals surface area (Å²) in [5, 5.41) is 3.13. The van der Waals surface area contributed by atoms with E-state index in [0.717, 1.165) is 37.4 Å². The van der Waals surface area contributed by atoms with Gasteiger partial charge in [-0.1, -0.05) is 12.1 Å². The summed E-state index contributed by atoms with van der Waals surface area (Å²) in [6.45, 7) is 2.75. The molecule has 5 rings (SSSR count). The molecule has 0 radical (unpaired) electrons. The van der Waals surface area contributed by atoms with Gasteiger partial charge in [0.25, 0.3) is 0 Å². The van der Waals surface area contributed by atoms with E-state index in [9.17, 15) is 0 Å². The predicted molar refractivity (Wildman–Crippen MR) is 114 cm³/mol. The quantitative estimate of drug-likeness (QED) is 0.733. The smallest absolute Gasteiger partial charge is 0.138 e. The summed E-state index contributed by atoms with van der Waals surface area (Å²) in [5.41, 5.74) is 10.8. The van der Waals surface area contributed by atoms with Gasteiger partial charge < -0.3 is 16.0 Å². The molecule has 28 heavy (non-hydrogen) atoms. The maximum atomic E-state index is 5.98. The lowest BCUT2D eigenvalue weighted by molar-refractivity contribution is 0.668. The number of aryl methyl sites for hydroxylation is 2. The monoisotopic (exact) mass is 378 g/mol. The van der Waals surface area contributed by atoms with Gasteiger partial charge in [0.1, 0.15) is 11.5 Å². The first-order chi connectivity index (χ1) is 13.7. The molecular formula is C22H30N6. The first-order valence-electron chi connectivity index (χ1n) is 10.3. The average molecular weight is 379 g/mol. The molecule has 6 nitrogen and oxygen atoms in total. The van der Waals surface area contributed by atoms with Crippen LogP contribution in [0.4, 0.5) is 5.82 Å². The van der Waals surface area contributed by atoms with Gasteiger partial charge in [-0.15, -0.1) is 0 Å². The summed E-state index contributed by atoms with van der Waals surface area (Å²) in [6.07, 6.45) is 10.2. The minimum Gasteiger partial charge on any atom is -0.356 e. The Labute approximate surface area is 166 Å². The number of aromatic nitrogens is 3. The summed E-state index contributed by atoms with van der Waals surface area (Å²) >= 11 is 0. The third-order valence-electron chi connectivity index (χ3n) is 5.52. The van der Waals surface area contributed by atoms with Crippen LogP contribution >= 0.6 is 0 Å². The molecule has 1 atom stereocenters. The molecule has 1 aliphatic heterocycles. The topological polar surface area (TPSA) is 71.5 Å². The van der Waals surface area contributed by atoms with Crippen LogP contribution in [0.5, 0.6) is 0 Å². The highest BCUT2D eigenvalue weighted by Gasteiger charge is 2.21. The van der Waals surface area contributed by atoms with Gasteiger partial charge in [0.15, 0.2) is 0 Å². The van der Waals surface area contributed by atoms with E-state index in [0.29, 0.717) is 6.04 Å². The fourth-order valence-corrected chi connectivity index (χ4v) is 4.10. The number of nitrogens with two attached hydrogens (primary N) is 1. The van der Waals surface area contributed by atoms with Crippen molar-refractivity contribution in [2.45, 2.75) is 44.7 Å². The molecule has 3 N–H and O–H groups in total. The number of nitrogens with one attached hydrogen (secondary N) is 1. The van der Waals surface area contributed by atoms with Crippen molar-refractivity contribution < 1.29 is 0 Å². The standard InChI is InChI=1S/C13H19N5.C9H11N/c1-15-7-11-9-18-12(16-11)3-2-4-13(18)17-6-5-10(14)8-17;1-2-6-9-8(4-1)5-3-7-10-9/h2-4,9-10,15H,5-8,14H2,1H3;3,5,7H,1-2,4,6H2. The number of hydrogen-bond donors (Lipinski definition) is 2. The minimum atomic E-state index is 0.292. The van der Waals surface area contributed by atoms with E-state index < -0.39 is 0 Å². The third-order valence-corrected chi connectivity index (χ3v) is 5.52. The van der Waals surface area contributed by atoms with Crippen LogP contribution < -0.4 is 16.0 Å². The third kappa shape index (κ3) is 4.18. The van der Waals surface area contributed by atoms with Crippen LogP contribution in [0.25, 0.3) is 5.65 Å². The maximum Gasteiger partial charge on any atom is 0.138 e. The molecule has 0 spiro atoms. The van der Waals surface area contributed by atoms with E-state index in [1.165, 1.54) is 42.8 Å². The molecule has 0 bridgehead atoms. The van der Waals surface area contributed by atoms with E-state index in [4.69, 9.17) is 5.73 Å². The van der Waals surface area contributed by atoms with E-state index in [1.807, 2.05) is 25.4 Å². The van der Waals surface area contributed by atoms with Gasteiger partial charge in [0.05, 0.1) is 5.69 Å². The second-order valence-corrected chi connectivity index (χ2v) is 7.69. The fourth-order valence-electron chi connectivity index (χ4n) is 4.10. The van der Waals surface area contributed by atoms with Crippen LogP contribution in [0.2, 0.25) is 0 Å². The highest BCUT2D eigenvalue weighted by molar-refractivity contribution is 5.53. The molecule has 2 aliphatic rings. The number of hydrogen-bond acceptors (Lipinski definition) is 5. The lowest BCUT2D eigenvalue weighted by Gasteiger charge is -2.19. The minimum absolute atomic E-state index is 0.292. The molecule has 148 valence electrons. The summed E-state index contributed by atoms with van der Waals surface area (Å²) in [4.78, 5) is 11.3. The molecule has 3 aromatic heterocycles. The first kappa shape index (κ1) is 18.9. The van der Waals surface area contributed by atoms with E-state index in [1.54, 1.807) is 0 Å². The van der Waals surface area contributed by atoms with Gasteiger partial charge in [-0.05, 0) is 62.9 Å². The molecular weight excluding hydrogens is 348 g/mol. The summed E-state index contributed by atoms with van der Waals surface area (Å²) in [6, 6.07) is 10.8. The van der Waals surface area contributed by atoms with Gasteiger partial charge in [-0.25, -0.2) is 4.98 Å². The van der Waals surface area contributed by atoms with Crippen LogP contribution in [-0.4, -0.2) is 40.5 Å². The first-order valence-corrected chi connectivity index (χ1v) is 10.3. The molecule has 6 heteroatoms. The number of nitrogens with zero attached hydrogens (tertiary/aromatic N) is 4. The summed E-state index contributed by atoms with van der Waals surface area (Å²) in [7, 11) is 1.93. The molecule has 1 unspecified atom stereocenters. The van der Waals surface area contributed by atoms with Crippen molar-refractivity contribution in [3.8, 4) is 0 Å². The number of anilines is 1. The van der Waals surface area contributed by atoms with Crippen molar-refractivity contribution in [1.82, 2.24) is 19.7 Å². The average Bonchev–Trinajstić information content (AvgIpc) is 3.34. The Morgan fingerprint density at radius 3 is 2.86 bits per heavy atom. The van der Waals surface area contributed by atoms with Crippen LogP contribution in [0, 0.1) is 0 Å². The molecule has 1 fully saturated rings. The van der Waals surface area contributed by atoms with E-state index in [-0.39, 0.29) is 0 Å². The number of pyridine rings is 2. The molecule has 1 saturated heterocycles. The highest BCUT2D eigenvalue weighted by Crippen LogP contribution is 2.21. The second kappa shape index (κ2) is 8.71. The zero-order valence-corrected chi connectivity index (χ0v) is 16.6. The van der Waals surface area contributed by atoms with Crippen molar-refractivity contribution in [1.29, 1.82) is 0 Å². The van der Waals surface area contributed by atoms with Crippen molar-refractivity contribution in [3.05, 3.63) is 59.7 Å². The molecule has 0 saturated carbocycles. The second-order valence-electron chi connectivity index (χ2n) is 7.69. The fraction of sp³-hybridized carbons (Fsp3) is 0.455. The maximum absolute atomic E-state index is 5.98. The van der Waals surface area contributed by atoms with Crippen LogP contribution in [0.3, 0.4) is 0 Å². The normalized spacial score (nSPS) is 18.6. The molecule has 0 aromatic carbocycles. The van der Waals surface area contributed by atoms with Gasteiger partial charge in [-0.2, -0.15) is 0 Å². The molecule has 0 amide bonds. The summed E-state index contributed by atoms with van der Waals surface area (Å²) in [5.74, 6) is 1.19. The molecule has 1 aliphatic carbocycles. The van der Waals surface area contributed by atoms with Crippen molar-refractivity contribution in [3.63, 3.8) is 0 Å². The Morgan fingerprint density at radius 1 is 1.18 bits per heavy atom. The lowest BCUT2D eigenvalue weighted by Crippen LogP contribution is -2.27. The number of fused-ring (bicyclic) bond motifs is 2. The Morgan fingerprint density at radius 2 is 2.07 bits per heavy atom. The Kier molecular flexibility index (Phi) is 5.88. The molecule has 4 heterocycles.